The lowest BCUT2D eigenvalue weighted by Gasteiger charge is -2.36. The molecule has 35 heavy (non-hydrogen) atoms. The number of halogens is 1. The molecule has 7 nitrogen and oxygen atoms in total. The van der Waals surface area contributed by atoms with Gasteiger partial charge in [0, 0.05) is 45.8 Å². The highest BCUT2D eigenvalue weighted by Crippen LogP contribution is 2.35. The maximum Gasteiger partial charge on any atom is 0.261 e. The molecule has 2 amide bonds. The molecule has 0 aromatic heterocycles. The highest BCUT2D eigenvalue weighted by Gasteiger charge is 2.37. The van der Waals surface area contributed by atoms with Gasteiger partial charge in [0.2, 0.25) is 5.91 Å². The number of piperidine rings is 1. The standard InChI is InChI=1S/C27H33ClN4O3/c1-29-11-13-30(14-12-29)25-16-21-18-31(17-20(21)15-23(25)28)27(34)24-9-5-6-10-32(24)26(33)19-35-22-7-3-2-4-8-22/h2-4,7-8,15-16,24H,5-6,9-14,17-19H2,1H3/t24-/m1/s1. The fraction of sp³-hybridized carbons (Fsp3) is 0.481. The summed E-state index contributed by atoms with van der Waals surface area (Å²) >= 11 is 6.68. The van der Waals surface area contributed by atoms with E-state index in [4.69, 9.17) is 16.3 Å². The molecule has 2 aromatic carbocycles. The Morgan fingerprint density at radius 1 is 0.971 bits per heavy atom. The molecule has 0 radical (unpaired) electrons. The Bertz CT molecular complexity index is 1070. The molecule has 0 saturated carbocycles. The molecule has 3 heterocycles. The van der Waals surface area contributed by atoms with Gasteiger partial charge in [0.1, 0.15) is 11.8 Å². The van der Waals surface area contributed by atoms with E-state index in [2.05, 4.69) is 22.9 Å². The maximum atomic E-state index is 13.6. The summed E-state index contributed by atoms with van der Waals surface area (Å²) in [6.07, 6.45) is 2.54. The van der Waals surface area contributed by atoms with Gasteiger partial charge in [-0.15, -0.1) is 0 Å². The first-order valence-corrected chi connectivity index (χ1v) is 12.9. The van der Waals surface area contributed by atoms with E-state index in [1.807, 2.05) is 41.3 Å². The second-order valence-electron chi connectivity index (χ2n) is 9.76. The fourth-order valence-electron chi connectivity index (χ4n) is 5.30. The summed E-state index contributed by atoms with van der Waals surface area (Å²) in [5, 5.41) is 0.745. The van der Waals surface area contributed by atoms with Gasteiger partial charge in [-0.05, 0) is 61.7 Å². The van der Waals surface area contributed by atoms with E-state index < -0.39 is 6.04 Å². The number of rotatable bonds is 5. The van der Waals surface area contributed by atoms with Gasteiger partial charge >= 0.3 is 0 Å². The van der Waals surface area contributed by atoms with Gasteiger partial charge in [-0.2, -0.15) is 0 Å². The largest absolute Gasteiger partial charge is 0.484 e. The zero-order valence-electron chi connectivity index (χ0n) is 20.3. The summed E-state index contributed by atoms with van der Waals surface area (Å²) in [5.41, 5.74) is 3.31. The molecule has 0 bridgehead atoms. The third kappa shape index (κ3) is 5.26. The molecular weight excluding hydrogens is 464 g/mol. The second-order valence-corrected chi connectivity index (χ2v) is 10.2. The molecule has 2 fully saturated rings. The van der Waals surface area contributed by atoms with Crippen molar-refractivity contribution in [2.24, 2.45) is 0 Å². The SMILES string of the molecule is CN1CCN(c2cc3c(cc2Cl)CN(C(=O)[C@H]2CCCCN2C(=O)COc2ccccc2)C3)CC1. The Morgan fingerprint density at radius 2 is 1.69 bits per heavy atom. The van der Waals surface area contributed by atoms with Crippen LogP contribution in [-0.4, -0.2) is 78.9 Å². The Hall–Kier alpha value is -2.77. The number of likely N-dealkylation sites (N-methyl/N-ethyl adjacent to an activating group) is 1. The molecule has 2 aromatic rings. The van der Waals surface area contributed by atoms with Crippen molar-refractivity contribution in [2.75, 3.05) is 51.3 Å². The fourth-order valence-corrected chi connectivity index (χ4v) is 5.60. The summed E-state index contributed by atoms with van der Waals surface area (Å²) in [4.78, 5) is 34.9. The number of likely N-dealkylation sites (tertiary alicyclic amines) is 1. The molecule has 8 heteroatoms. The van der Waals surface area contributed by atoms with Crippen LogP contribution in [0.15, 0.2) is 42.5 Å². The predicted molar refractivity (Wildman–Crippen MR) is 137 cm³/mol. The van der Waals surface area contributed by atoms with E-state index >= 15 is 0 Å². The molecule has 0 N–H and O–H groups in total. The lowest BCUT2D eigenvalue weighted by Crippen LogP contribution is -2.53. The van der Waals surface area contributed by atoms with Crippen LogP contribution < -0.4 is 9.64 Å². The Balaban J connectivity index is 1.25. The topological polar surface area (TPSA) is 56.3 Å². The van der Waals surface area contributed by atoms with Crippen LogP contribution in [0.2, 0.25) is 5.02 Å². The molecule has 1 atom stereocenters. The quantitative estimate of drug-likeness (QED) is 0.635. The zero-order valence-corrected chi connectivity index (χ0v) is 21.0. The number of hydrogen-bond donors (Lipinski definition) is 0. The molecule has 2 saturated heterocycles. The Labute approximate surface area is 212 Å². The molecule has 5 rings (SSSR count). The number of carbonyl (C=O) groups is 2. The first kappa shape index (κ1) is 23.9. The normalized spacial score (nSPS) is 20.6. The summed E-state index contributed by atoms with van der Waals surface area (Å²) in [7, 11) is 2.14. The number of anilines is 1. The number of benzene rings is 2. The zero-order chi connectivity index (χ0) is 24.4. The highest BCUT2D eigenvalue weighted by atomic mass is 35.5. The van der Waals surface area contributed by atoms with Crippen LogP contribution in [0.1, 0.15) is 30.4 Å². The van der Waals surface area contributed by atoms with E-state index in [1.165, 1.54) is 0 Å². The summed E-state index contributed by atoms with van der Waals surface area (Å²) < 4.78 is 5.68. The molecule has 0 spiro atoms. The molecule has 3 aliphatic heterocycles. The van der Waals surface area contributed by atoms with Crippen LogP contribution in [0.3, 0.4) is 0 Å². The third-order valence-electron chi connectivity index (χ3n) is 7.36. The van der Waals surface area contributed by atoms with Crippen molar-refractivity contribution in [3.05, 3.63) is 58.6 Å². The van der Waals surface area contributed by atoms with E-state index in [0.717, 1.165) is 60.9 Å². The van der Waals surface area contributed by atoms with E-state index in [0.29, 0.717) is 31.8 Å². The van der Waals surface area contributed by atoms with E-state index in [9.17, 15) is 9.59 Å². The number of piperazine rings is 1. The van der Waals surface area contributed by atoms with Crippen molar-refractivity contribution >= 4 is 29.1 Å². The van der Waals surface area contributed by atoms with Crippen LogP contribution in [0.25, 0.3) is 0 Å². The van der Waals surface area contributed by atoms with Crippen LogP contribution in [0.4, 0.5) is 5.69 Å². The minimum Gasteiger partial charge on any atom is -0.484 e. The first-order valence-electron chi connectivity index (χ1n) is 12.5. The monoisotopic (exact) mass is 496 g/mol. The average molecular weight is 497 g/mol. The Morgan fingerprint density at radius 3 is 2.43 bits per heavy atom. The minimum absolute atomic E-state index is 0.0197. The molecule has 3 aliphatic rings. The predicted octanol–water partition coefficient (Wildman–Crippen LogP) is 3.39. The van der Waals surface area contributed by atoms with Crippen molar-refractivity contribution in [1.29, 1.82) is 0 Å². The number of carbonyl (C=O) groups excluding carboxylic acids is 2. The number of hydrogen-bond acceptors (Lipinski definition) is 5. The van der Waals surface area contributed by atoms with Gasteiger partial charge in [-0.1, -0.05) is 29.8 Å². The number of para-hydroxylation sites is 1. The smallest absolute Gasteiger partial charge is 0.261 e. The molecule has 0 aliphatic carbocycles. The van der Waals surface area contributed by atoms with Gasteiger partial charge in [0.05, 0.1) is 10.7 Å². The maximum absolute atomic E-state index is 13.6. The summed E-state index contributed by atoms with van der Waals surface area (Å²) in [6.45, 7) is 5.55. The number of fused-ring (bicyclic) bond motifs is 1. The van der Waals surface area contributed by atoms with E-state index in [-0.39, 0.29) is 18.4 Å². The van der Waals surface area contributed by atoms with E-state index in [1.54, 1.807) is 4.90 Å². The first-order chi connectivity index (χ1) is 17.0. The summed E-state index contributed by atoms with van der Waals surface area (Å²) in [5.74, 6) is 0.541. The van der Waals surface area contributed by atoms with Crippen molar-refractivity contribution in [3.63, 3.8) is 0 Å². The number of ether oxygens (including phenoxy) is 1. The van der Waals surface area contributed by atoms with Crippen molar-refractivity contribution in [1.82, 2.24) is 14.7 Å². The van der Waals surface area contributed by atoms with Gasteiger partial charge in [-0.25, -0.2) is 0 Å². The number of amides is 2. The summed E-state index contributed by atoms with van der Waals surface area (Å²) in [6, 6.07) is 13.1. The average Bonchev–Trinajstić information content (AvgIpc) is 3.30. The van der Waals surface area contributed by atoms with Crippen molar-refractivity contribution < 1.29 is 14.3 Å². The van der Waals surface area contributed by atoms with Crippen LogP contribution in [0.5, 0.6) is 5.75 Å². The van der Waals surface area contributed by atoms with Gasteiger partial charge in [-0.3, -0.25) is 9.59 Å². The van der Waals surface area contributed by atoms with Gasteiger partial charge < -0.3 is 24.3 Å². The van der Waals surface area contributed by atoms with Crippen molar-refractivity contribution in [3.8, 4) is 5.75 Å². The molecular formula is C27H33ClN4O3. The lowest BCUT2D eigenvalue weighted by atomic mass is 10.0. The van der Waals surface area contributed by atoms with Crippen molar-refractivity contribution in [2.45, 2.75) is 38.4 Å². The molecule has 186 valence electrons. The van der Waals surface area contributed by atoms with Gasteiger partial charge in [0.25, 0.3) is 5.91 Å². The number of nitrogens with zero attached hydrogens (tertiary/aromatic N) is 4. The Kier molecular flexibility index (Phi) is 7.16. The third-order valence-corrected chi connectivity index (χ3v) is 7.66. The van der Waals surface area contributed by atoms with Crippen LogP contribution >= 0.6 is 11.6 Å². The van der Waals surface area contributed by atoms with Gasteiger partial charge in [0.15, 0.2) is 6.61 Å². The lowest BCUT2D eigenvalue weighted by molar-refractivity contribution is -0.149. The van der Waals surface area contributed by atoms with Crippen LogP contribution in [-0.2, 0) is 22.7 Å². The highest BCUT2D eigenvalue weighted by molar-refractivity contribution is 6.33. The van der Waals surface area contributed by atoms with Crippen LogP contribution in [0, 0.1) is 0 Å². The minimum atomic E-state index is -0.433. The second kappa shape index (κ2) is 10.5. The molecule has 0 unspecified atom stereocenters.